The van der Waals surface area contributed by atoms with Gasteiger partial charge in [0.15, 0.2) is 0 Å². The van der Waals surface area contributed by atoms with Gasteiger partial charge in [0.25, 0.3) is 0 Å². The first kappa shape index (κ1) is 16.2. The quantitative estimate of drug-likeness (QED) is 0.833. The van der Waals surface area contributed by atoms with Crippen molar-refractivity contribution in [3.05, 3.63) is 47.8 Å². The third-order valence-corrected chi connectivity index (χ3v) is 3.64. The number of aromatic nitrogens is 2. The number of esters is 1. The average Bonchev–Trinajstić information content (AvgIpc) is 2.94. The zero-order chi connectivity index (χ0) is 16.2. The van der Waals surface area contributed by atoms with Gasteiger partial charge >= 0.3 is 5.97 Å². The van der Waals surface area contributed by atoms with Crippen LogP contribution in [0.5, 0.6) is 0 Å². The molecule has 1 aromatic carbocycles. The molecule has 0 bridgehead atoms. The van der Waals surface area contributed by atoms with Crippen LogP contribution in [0.2, 0.25) is 0 Å². The zero-order valence-corrected chi connectivity index (χ0v) is 13.2. The van der Waals surface area contributed by atoms with E-state index >= 15 is 0 Å². The minimum absolute atomic E-state index is 0.0369. The highest BCUT2D eigenvalue weighted by Crippen LogP contribution is 2.32. The molecule has 0 atom stereocenters. The van der Waals surface area contributed by atoms with E-state index in [4.69, 9.17) is 4.74 Å². The molecule has 0 fully saturated rings. The summed E-state index contributed by atoms with van der Waals surface area (Å²) in [6.07, 6.45) is 2.07. The molecule has 0 aliphatic heterocycles. The number of rotatable bonds is 6. The SMILES string of the molecule is CCOC(=O)c1cnn(-c2ccccc2)c1C(C)(C)CCO. The molecular weight excluding hydrogens is 280 g/mol. The van der Waals surface area contributed by atoms with Crippen LogP contribution in [0, 0.1) is 0 Å². The summed E-state index contributed by atoms with van der Waals surface area (Å²) in [5.41, 5.74) is 1.66. The first-order chi connectivity index (χ1) is 10.5. The Balaban J connectivity index is 2.58. The summed E-state index contributed by atoms with van der Waals surface area (Å²) in [5, 5.41) is 13.7. The van der Waals surface area contributed by atoms with Crippen LogP contribution in [0.15, 0.2) is 36.5 Å². The fourth-order valence-electron chi connectivity index (χ4n) is 2.52. The van der Waals surface area contributed by atoms with Crippen LogP contribution in [0.1, 0.15) is 43.2 Å². The maximum atomic E-state index is 12.2. The van der Waals surface area contributed by atoms with Gasteiger partial charge in [0.1, 0.15) is 5.56 Å². The van der Waals surface area contributed by atoms with Crippen LogP contribution in [0.3, 0.4) is 0 Å². The molecule has 5 heteroatoms. The van der Waals surface area contributed by atoms with Gasteiger partial charge in [-0.25, -0.2) is 9.48 Å². The van der Waals surface area contributed by atoms with Crippen molar-refractivity contribution in [2.24, 2.45) is 0 Å². The fourth-order valence-corrected chi connectivity index (χ4v) is 2.52. The summed E-state index contributed by atoms with van der Waals surface area (Å²) in [6.45, 7) is 6.10. The molecule has 0 aliphatic carbocycles. The van der Waals surface area contributed by atoms with Crippen LogP contribution < -0.4 is 0 Å². The lowest BCUT2D eigenvalue weighted by Crippen LogP contribution is -2.26. The second-order valence-corrected chi connectivity index (χ2v) is 5.73. The van der Waals surface area contributed by atoms with Gasteiger partial charge in [-0.05, 0) is 25.5 Å². The van der Waals surface area contributed by atoms with Crippen molar-refractivity contribution in [2.75, 3.05) is 13.2 Å². The molecule has 0 saturated heterocycles. The molecule has 5 nitrogen and oxygen atoms in total. The highest BCUT2D eigenvalue weighted by molar-refractivity contribution is 5.91. The van der Waals surface area contributed by atoms with E-state index in [9.17, 15) is 9.90 Å². The number of nitrogens with zero attached hydrogens (tertiary/aromatic N) is 2. The summed E-state index contributed by atoms with van der Waals surface area (Å²) >= 11 is 0. The van der Waals surface area contributed by atoms with Crippen molar-refractivity contribution in [3.63, 3.8) is 0 Å². The van der Waals surface area contributed by atoms with Crippen molar-refractivity contribution in [1.82, 2.24) is 9.78 Å². The molecule has 1 aromatic heterocycles. The lowest BCUT2D eigenvalue weighted by molar-refractivity contribution is 0.0522. The minimum atomic E-state index is -0.414. The Bertz CT molecular complexity index is 633. The van der Waals surface area contributed by atoms with E-state index in [2.05, 4.69) is 5.10 Å². The summed E-state index contributed by atoms with van der Waals surface area (Å²) in [7, 11) is 0. The topological polar surface area (TPSA) is 64.3 Å². The van der Waals surface area contributed by atoms with Crippen molar-refractivity contribution < 1.29 is 14.6 Å². The third-order valence-electron chi connectivity index (χ3n) is 3.64. The van der Waals surface area contributed by atoms with Gasteiger partial charge in [0.2, 0.25) is 0 Å². The molecule has 0 aliphatic rings. The molecule has 118 valence electrons. The lowest BCUT2D eigenvalue weighted by atomic mass is 9.83. The summed E-state index contributed by atoms with van der Waals surface area (Å²) < 4.78 is 6.89. The van der Waals surface area contributed by atoms with E-state index in [1.807, 2.05) is 44.2 Å². The number of carbonyl (C=O) groups excluding carboxylic acids is 1. The molecule has 0 unspecified atom stereocenters. The molecule has 1 heterocycles. The molecule has 1 N–H and O–H groups in total. The highest BCUT2D eigenvalue weighted by Gasteiger charge is 2.31. The number of benzene rings is 1. The Morgan fingerprint density at radius 1 is 1.32 bits per heavy atom. The second kappa shape index (κ2) is 6.75. The molecule has 2 aromatic rings. The predicted molar refractivity (Wildman–Crippen MR) is 84.2 cm³/mol. The van der Waals surface area contributed by atoms with E-state index in [1.165, 1.54) is 0 Å². The molecule has 0 saturated carbocycles. The summed E-state index contributed by atoms with van der Waals surface area (Å²) in [4.78, 5) is 12.2. The Labute approximate surface area is 130 Å². The number of ether oxygens (including phenoxy) is 1. The number of para-hydroxylation sites is 1. The lowest BCUT2D eigenvalue weighted by Gasteiger charge is -2.26. The van der Waals surface area contributed by atoms with Crippen LogP contribution >= 0.6 is 0 Å². The van der Waals surface area contributed by atoms with E-state index in [1.54, 1.807) is 17.8 Å². The largest absolute Gasteiger partial charge is 0.462 e. The van der Waals surface area contributed by atoms with Gasteiger partial charge in [0.05, 0.1) is 24.2 Å². The maximum absolute atomic E-state index is 12.2. The molecule has 0 spiro atoms. The van der Waals surface area contributed by atoms with E-state index in [0.29, 0.717) is 18.6 Å². The molecule has 0 radical (unpaired) electrons. The average molecular weight is 302 g/mol. The molecule has 2 rings (SSSR count). The van der Waals surface area contributed by atoms with Gasteiger partial charge in [-0.3, -0.25) is 0 Å². The van der Waals surface area contributed by atoms with Gasteiger partial charge in [-0.15, -0.1) is 0 Å². The Hall–Kier alpha value is -2.14. The number of aliphatic hydroxyl groups excluding tert-OH is 1. The number of hydrogen-bond donors (Lipinski definition) is 1. The highest BCUT2D eigenvalue weighted by atomic mass is 16.5. The van der Waals surface area contributed by atoms with Gasteiger partial charge in [-0.2, -0.15) is 5.10 Å². The normalized spacial score (nSPS) is 11.5. The van der Waals surface area contributed by atoms with Crippen LogP contribution in [-0.2, 0) is 10.2 Å². The Morgan fingerprint density at radius 3 is 2.59 bits per heavy atom. The van der Waals surface area contributed by atoms with Gasteiger partial charge in [-0.1, -0.05) is 32.0 Å². The Morgan fingerprint density at radius 2 is 2.00 bits per heavy atom. The standard InChI is InChI=1S/C17H22N2O3/c1-4-22-16(21)14-12-18-19(13-8-6-5-7-9-13)15(14)17(2,3)10-11-20/h5-9,12,20H,4,10-11H2,1-3H3. The number of carbonyl (C=O) groups is 1. The first-order valence-electron chi connectivity index (χ1n) is 7.43. The monoisotopic (exact) mass is 302 g/mol. The smallest absolute Gasteiger partial charge is 0.341 e. The minimum Gasteiger partial charge on any atom is -0.462 e. The third kappa shape index (κ3) is 3.20. The zero-order valence-electron chi connectivity index (χ0n) is 13.2. The second-order valence-electron chi connectivity index (χ2n) is 5.73. The van der Waals surface area contributed by atoms with Crippen LogP contribution in [0.4, 0.5) is 0 Å². The van der Waals surface area contributed by atoms with E-state index in [-0.39, 0.29) is 12.6 Å². The van der Waals surface area contributed by atoms with Crippen LogP contribution in [0.25, 0.3) is 5.69 Å². The first-order valence-corrected chi connectivity index (χ1v) is 7.43. The molecule has 0 amide bonds. The summed E-state index contributed by atoms with van der Waals surface area (Å²) in [6, 6.07) is 9.63. The maximum Gasteiger partial charge on any atom is 0.341 e. The van der Waals surface area contributed by atoms with Crippen molar-refractivity contribution in [2.45, 2.75) is 32.6 Å². The van der Waals surface area contributed by atoms with Gasteiger partial charge in [0, 0.05) is 12.0 Å². The predicted octanol–water partition coefficient (Wildman–Crippen LogP) is 2.71. The summed E-state index contributed by atoms with van der Waals surface area (Å²) in [5.74, 6) is -0.384. The fraction of sp³-hybridized carbons (Fsp3) is 0.412. The molecule has 22 heavy (non-hydrogen) atoms. The number of aliphatic hydroxyl groups is 1. The number of hydrogen-bond acceptors (Lipinski definition) is 4. The van der Waals surface area contributed by atoms with Crippen molar-refractivity contribution >= 4 is 5.97 Å². The van der Waals surface area contributed by atoms with E-state index in [0.717, 1.165) is 11.4 Å². The van der Waals surface area contributed by atoms with Crippen molar-refractivity contribution in [3.8, 4) is 5.69 Å². The molecular formula is C17H22N2O3. The van der Waals surface area contributed by atoms with Crippen LogP contribution in [-0.4, -0.2) is 34.1 Å². The van der Waals surface area contributed by atoms with Crippen molar-refractivity contribution in [1.29, 1.82) is 0 Å². The van der Waals surface area contributed by atoms with E-state index < -0.39 is 5.41 Å². The Kier molecular flexibility index (Phi) is 4.98. The van der Waals surface area contributed by atoms with Gasteiger partial charge < -0.3 is 9.84 Å².